The Balaban J connectivity index is 1.59. The van der Waals surface area contributed by atoms with Crippen molar-refractivity contribution in [1.82, 2.24) is 10.2 Å². The van der Waals surface area contributed by atoms with Gasteiger partial charge in [0, 0.05) is 12.2 Å². The standard InChI is InChI=1S/C18H23N3OS/c1-14-6-4-7-15(12-14)20-18(23)19-13-16(17-8-5-11-22-17)21-9-2-3-10-21/h4-8,11-12,16H,2-3,9-10,13H2,1H3,(H2,19,20,23)/t16-/m1/s1. The van der Waals surface area contributed by atoms with Crippen LogP contribution in [-0.4, -0.2) is 29.6 Å². The molecule has 1 atom stereocenters. The van der Waals surface area contributed by atoms with Crippen LogP contribution in [0.1, 0.15) is 30.2 Å². The Bertz CT molecular complexity index is 635. The lowest BCUT2D eigenvalue weighted by Gasteiger charge is -2.26. The van der Waals surface area contributed by atoms with Gasteiger partial charge in [-0.25, -0.2) is 0 Å². The highest BCUT2D eigenvalue weighted by atomic mass is 32.1. The number of hydrogen-bond acceptors (Lipinski definition) is 3. The van der Waals surface area contributed by atoms with Crippen molar-refractivity contribution < 1.29 is 4.42 Å². The fourth-order valence-corrected chi connectivity index (χ4v) is 3.23. The third-order valence-corrected chi connectivity index (χ3v) is 4.43. The average Bonchev–Trinajstić information content (AvgIpc) is 3.21. The Morgan fingerprint density at radius 2 is 2.09 bits per heavy atom. The zero-order valence-electron chi connectivity index (χ0n) is 13.4. The molecule has 2 N–H and O–H groups in total. The van der Waals surface area contributed by atoms with E-state index in [2.05, 4.69) is 34.6 Å². The summed E-state index contributed by atoms with van der Waals surface area (Å²) in [5.41, 5.74) is 2.22. The zero-order chi connectivity index (χ0) is 16.1. The predicted molar refractivity (Wildman–Crippen MR) is 97.7 cm³/mol. The summed E-state index contributed by atoms with van der Waals surface area (Å²) in [5, 5.41) is 7.22. The van der Waals surface area contributed by atoms with Crippen molar-refractivity contribution in [2.45, 2.75) is 25.8 Å². The summed E-state index contributed by atoms with van der Waals surface area (Å²) < 4.78 is 5.63. The molecule has 23 heavy (non-hydrogen) atoms. The lowest BCUT2D eigenvalue weighted by molar-refractivity contribution is 0.216. The highest BCUT2D eigenvalue weighted by Crippen LogP contribution is 2.24. The van der Waals surface area contributed by atoms with Crippen LogP contribution in [0.5, 0.6) is 0 Å². The molecule has 1 aromatic carbocycles. The first-order chi connectivity index (χ1) is 11.2. The normalized spacial score (nSPS) is 16.2. The lowest BCUT2D eigenvalue weighted by atomic mass is 10.2. The van der Waals surface area contributed by atoms with Crippen LogP contribution in [0.4, 0.5) is 5.69 Å². The molecule has 5 heteroatoms. The molecule has 1 aliphatic rings. The van der Waals surface area contributed by atoms with Gasteiger partial charge in [0.15, 0.2) is 5.11 Å². The van der Waals surface area contributed by atoms with Crippen LogP contribution in [0.15, 0.2) is 47.1 Å². The summed E-state index contributed by atoms with van der Waals surface area (Å²) >= 11 is 5.43. The van der Waals surface area contributed by atoms with Gasteiger partial charge in [-0.05, 0) is 74.9 Å². The molecule has 0 amide bonds. The first-order valence-electron chi connectivity index (χ1n) is 8.11. The smallest absolute Gasteiger partial charge is 0.170 e. The summed E-state index contributed by atoms with van der Waals surface area (Å²) in [5.74, 6) is 0.998. The molecular formula is C18H23N3OS. The van der Waals surface area contributed by atoms with E-state index >= 15 is 0 Å². The number of thiocarbonyl (C=S) groups is 1. The fraction of sp³-hybridized carbons (Fsp3) is 0.389. The van der Waals surface area contributed by atoms with Gasteiger partial charge in [0.1, 0.15) is 5.76 Å². The topological polar surface area (TPSA) is 40.4 Å². The monoisotopic (exact) mass is 329 g/mol. The first kappa shape index (κ1) is 16.0. The van der Waals surface area contributed by atoms with E-state index in [1.165, 1.54) is 18.4 Å². The van der Waals surface area contributed by atoms with Crippen molar-refractivity contribution in [2.24, 2.45) is 0 Å². The summed E-state index contributed by atoms with van der Waals surface area (Å²) in [6.45, 7) is 5.05. The number of benzene rings is 1. The van der Waals surface area contributed by atoms with E-state index in [9.17, 15) is 0 Å². The molecule has 122 valence electrons. The number of furan rings is 1. The Labute approximate surface area is 142 Å². The van der Waals surface area contributed by atoms with E-state index in [0.717, 1.165) is 31.1 Å². The summed E-state index contributed by atoms with van der Waals surface area (Å²) in [7, 11) is 0. The van der Waals surface area contributed by atoms with Gasteiger partial charge in [0.2, 0.25) is 0 Å². The fourth-order valence-electron chi connectivity index (χ4n) is 3.03. The van der Waals surface area contributed by atoms with Crippen LogP contribution in [0.3, 0.4) is 0 Å². The SMILES string of the molecule is Cc1cccc(NC(=S)NC[C@H](c2ccco2)N2CCCC2)c1. The average molecular weight is 329 g/mol. The minimum absolute atomic E-state index is 0.227. The number of nitrogens with zero attached hydrogens (tertiary/aromatic N) is 1. The molecule has 0 aliphatic carbocycles. The molecule has 1 saturated heterocycles. The molecule has 2 heterocycles. The van der Waals surface area contributed by atoms with E-state index in [0.29, 0.717) is 5.11 Å². The van der Waals surface area contributed by atoms with Crippen LogP contribution in [0.2, 0.25) is 0 Å². The van der Waals surface area contributed by atoms with Crippen LogP contribution < -0.4 is 10.6 Å². The summed E-state index contributed by atoms with van der Waals surface area (Å²) in [4.78, 5) is 2.46. The van der Waals surface area contributed by atoms with Crippen molar-refractivity contribution in [3.63, 3.8) is 0 Å². The van der Waals surface area contributed by atoms with Gasteiger partial charge < -0.3 is 15.1 Å². The predicted octanol–water partition coefficient (Wildman–Crippen LogP) is 3.71. The highest BCUT2D eigenvalue weighted by molar-refractivity contribution is 7.80. The molecule has 0 radical (unpaired) electrons. The quantitative estimate of drug-likeness (QED) is 0.818. The van der Waals surface area contributed by atoms with Gasteiger partial charge in [-0.1, -0.05) is 12.1 Å². The maximum absolute atomic E-state index is 5.63. The largest absolute Gasteiger partial charge is 0.468 e. The summed E-state index contributed by atoms with van der Waals surface area (Å²) in [6, 6.07) is 12.4. The molecule has 4 nitrogen and oxygen atoms in total. The molecule has 0 saturated carbocycles. The molecule has 2 aromatic rings. The molecule has 3 rings (SSSR count). The van der Waals surface area contributed by atoms with E-state index in [1.807, 2.05) is 24.3 Å². The number of rotatable bonds is 5. The summed E-state index contributed by atoms with van der Waals surface area (Å²) in [6.07, 6.45) is 4.24. The van der Waals surface area contributed by atoms with E-state index in [4.69, 9.17) is 16.6 Å². The second kappa shape index (κ2) is 7.62. The molecule has 0 unspecified atom stereocenters. The molecule has 0 spiro atoms. The van der Waals surface area contributed by atoms with Crippen molar-refractivity contribution in [3.05, 3.63) is 54.0 Å². The minimum Gasteiger partial charge on any atom is -0.468 e. The molecule has 1 aliphatic heterocycles. The van der Waals surface area contributed by atoms with Gasteiger partial charge in [-0.3, -0.25) is 4.90 Å². The first-order valence-corrected chi connectivity index (χ1v) is 8.52. The van der Waals surface area contributed by atoms with E-state index in [-0.39, 0.29) is 6.04 Å². The molecule has 1 fully saturated rings. The molecule has 1 aromatic heterocycles. The van der Waals surface area contributed by atoms with Gasteiger partial charge in [-0.2, -0.15) is 0 Å². The van der Waals surface area contributed by atoms with Crippen LogP contribution in [0.25, 0.3) is 0 Å². The lowest BCUT2D eigenvalue weighted by Crippen LogP contribution is -2.38. The van der Waals surface area contributed by atoms with Gasteiger partial charge in [0.25, 0.3) is 0 Å². The third kappa shape index (κ3) is 4.33. The highest BCUT2D eigenvalue weighted by Gasteiger charge is 2.25. The number of likely N-dealkylation sites (tertiary alicyclic amines) is 1. The van der Waals surface area contributed by atoms with Crippen LogP contribution >= 0.6 is 12.2 Å². The third-order valence-electron chi connectivity index (χ3n) is 4.18. The number of hydrogen-bond donors (Lipinski definition) is 2. The zero-order valence-corrected chi connectivity index (χ0v) is 14.2. The molecular weight excluding hydrogens is 306 g/mol. The van der Waals surface area contributed by atoms with Crippen molar-refractivity contribution in [1.29, 1.82) is 0 Å². The van der Waals surface area contributed by atoms with Crippen molar-refractivity contribution in [2.75, 3.05) is 25.0 Å². The van der Waals surface area contributed by atoms with Crippen molar-refractivity contribution in [3.8, 4) is 0 Å². The second-order valence-electron chi connectivity index (χ2n) is 5.98. The number of aryl methyl sites for hydroxylation is 1. The van der Waals surface area contributed by atoms with Gasteiger partial charge in [0.05, 0.1) is 12.3 Å². The van der Waals surface area contributed by atoms with Gasteiger partial charge >= 0.3 is 0 Å². The minimum atomic E-state index is 0.227. The second-order valence-corrected chi connectivity index (χ2v) is 6.39. The van der Waals surface area contributed by atoms with Crippen LogP contribution in [0, 0.1) is 6.92 Å². The maximum Gasteiger partial charge on any atom is 0.170 e. The Kier molecular flexibility index (Phi) is 5.31. The van der Waals surface area contributed by atoms with Crippen LogP contribution in [-0.2, 0) is 0 Å². The number of anilines is 1. The van der Waals surface area contributed by atoms with E-state index in [1.54, 1.807) is 6.26 Å². The Morgan fingerprint density at radius 1 is 1.26 bits per heavy atom. The van der Waals surface area contributed by atoms with E-state index < -0.39 is 0 Å². The Hall–Kier alpha value is -1.85. The Morgan fingerprint density at radius 3 is 2.78 bits per heavy atom. The maximum atomic E-state index is 5.63. The number of nitrogens with one attached hydrogen (secondary N) is 2. The van der Waals surface area contributed by atoms with Crippen molar-refractivity contribution >= 4 is 23.0 Å². The van der Waals surface area contributed by atoms with Gasteiger partial charge in [-0.15, -0.1) is 0 Å². The molecule has 0 bridgehead atoms.